The van der Waals surface area contributed by atoms with E-state index in [1.54, 1.807) is 23.1 Å². The zero-order valence-electron chi connectivity index (χ0n) is 11.2. The van der Waals surface area contributed by atoms with Gasteiger partial charge in [-0.3, -0.25) is 0 Å². The van der Waals surface area contributed by atoms with E-state index in [-0.39, 0.29) is 0 Å². The monoisotopic (exact) mass is 294 g/mol. The molecule has 2 N–H and O–H groups in total. The maximum absolute atomic E-state index is 5.99. The van der Waals surface area contributed by atoms with E-state index in [0.29, 0.717) is 6.61 Å². The summed E-state index contributed by atoms with van der Waals surface area (Å²) in [4.78, 5) is 6.71. The van der Waals surface area contributed by atoms with Gasteiger partial charge in [0.2, 0.25) is 0 Å². The van der Waals surface area contributed by atoms with Crippen LogP contribution in [0.4, 0.5) is 5.69 Å². The van der Waals surface area contributed by atoms with Crippen LogP contribution < -0.4 is 10.5 Å². The summed E-state index contributed by atoms with van der Waals surface area (Å²) in [6, 6.07) is 5.84. The van der Waals surface area contributed by atoms with Gasteiger partial charge in [0.15, 0.2) is 0 Å². The lowest BCUT2D eigenvalue weighted by Crippen LogP contribution is -1.95. The van der Waals surface area contributed by atoms with Gasteiger partial charge in [-0.2, -0.15) is 0 Å². The second-order valence-electron chi connectivity index (χ2n) is 4.09. The molecule has 1 heterocycles. The van der Waals surface area contributed by atoms with Crippen LogP contribution in [-0.4, -0.2) is 17.3 Å². The quantitative estimate of drug-likeness (QED) is 0.651. The van der Waals surface area contributed by atoms with E-state index < -0.39 is 0 Å². The highest BCUT2D eigenvalue weighted by Gasteiger charge is 2.05. The van der Waals surface area contributed by atoms with Crippen LogP contribution in [0.5, 0.6) is 5.75 Å². The van der Waals surface area contributed by atoms with E-state index in [9.17, 15) is 0 Å². The molecule has 1 aromatic carbocycles. The first-order valence-corrected chi connectivity index (χ1v) is 8.11. The molecule has 0 aliphatic rings. The first-order chi connectivity index (χ1) is 9.20. The molecule has 2 rings (SSSR count). The molecule has 0 bridgehead atoms. The SMILES string of the molecule is CCOc1ccc(N)c(SCCc2scnc2C)c1. The van der Waals surface area contributed by atoms with Crippen LogP contribution in [-0.2, 0) is 6.42 Å². The Hall–Kier alpha value is -1.20. The van der Waals surface area contributed by atoms with E-state index in [4.69, 9.17) is 10.5 Å². The minimum atomic E-state index is 0.675. The Morgan fingerprint density at radius 3 is 2.95 bits per heavy atom. The van der Waals surface area contributed by atoms with Crippen molar-refractivity contribution in [1.29, 1.82) is 0 Å². The predicted octanol–water partition coefficient (Wildman–Crippen LogP) is 3.77. The van der Waals surface area contributed by atoms with Gasteiger partial charge in [-0.05, 0) is 38.5 Å². The van der Waals surface area contributed by atoms with Crippen molar-refractivity contribution in [2.45, 2.75) is 25.2 Å². The maximum Gasteiger partial charge on any atom is 0.120 e. The van der Waals surface area contributed by atoms with Gasteiger partial charge in [-0.1, -0.05) is 0 Å². The number of nitrogens with two attached hydrogens (primary N) is 1. The number of nitrogens with zero attached hydrogens (tertiary/aromatic N) is 1. The van der Waals surface area contributed by atoms with E-state index in [0.717, 1.165) is 34.2 Å². The van der Waals surface area contributed by atoms with Crippen LogP contribution in [0.25, 0.3) is 0 Å². The summed E-state index contributed by atoms with van der Waals surface area (Å²) in [5.41, 5.74) is 9.85. The zero-order chi connectivity index (χ0) is 13.7. The van der Waals surface area contributed by atoms with Gasteiger partial charge in [0.25, 0.3) is 0 Å². The third kappa shape index (κ3) is 3.88. The molecule has 1 aromatic heterocycles. The Morgan fingerprint density at radius 1 is 1.42 bits per heavy atom. The van der Waals surface area contributed by atoms with Crippen molar-refractivity contribution in [3.8, 4) is 5.75 Å². The number of ether oxygens (including phenoxy) is 1. The van der Waals surface area contributed by atoms with Crippen LogP contribution >= 0.6 is 23.1 Å². The lowest BCUT2D eigenvalue weighted by atomic mass is 10.3. The largest absolute Gasteiger partial charge is 0.494 e. The molecule has 0 amide bonds. The topological polar surface area (TPSA) is 48.1 Å². The Bertz CT molecular complexity index is 540. The molecular weight excluding hydrogens is 276 g/mol. The summed E-state index contributed by atoms with van der Waals surface area (Å²) in [5, 5.41) is 0. The minimum absolute atomic E-state index is 0.675. The van der Waals surface area contributed by atoms with Crippen molar-refractivity contribution >= 4 is 28.8 Å². The smallest absolute Gasteiger partial charge is 0.120 e. The number of thiazole rings is 1. The maximum atomic E-state index is 5.99. The highest BCUT2D eigenvalue weighted by atomic mass is 32.2. The van der Waals surface area contributed by atoms with E-state index >= 15 is 0 Å². The average Bonchev–Trinajstić information content (AvgIpc) is 2.79. The number of benzene rings is 1. The molecule has 19 heavy (non-hydrogen) atoms. The van der Waals surface area contributed by atoms with Gasteiger partial charge < -0.3 is 10.5 Å². The molecule has 5 heteroatoms. The molecule has 0 aliphatic heterocycles. The molecule has 0 saturated carbocycles. The molecule has 102 valence electrons. The van der Waals surface area contributed by atoms with Gasteiger partial charge in [-0.15, -0.1) is 23.1 Å². The lowest BCUT2D eigenvalue weighted by molar-refractivity contribution is 0.339. The van der Waals surface area contributed by atoms with E-state index in [2.05, 4.69) is 11.9 Å². The fraction of sp³-hybridized carbons (Fsp3) is 0.357. The fourth-order valence-electron chi connectivity index (χ4n) is 1.72. The predicted molar refractivity (Wildman–Crippen MR) is 83.3 cm³/mol. The summed E-state index contributed by atoms with van der Waals surface area (Å²) in [6.07, 6.45) is 1.03. The summed E-state index contributed by atoms with van der Waals surface area (Å²) in [6.45, 7) is 4.71. The third-order valence-electron chi connectivity index (χ3n) is 2.73. The van der Waals surface area contributed by atoms with E-state index in [1.165, 1.54) is 4.88 Å². The van der Waals surface area contributed by atoms with Crippen LogP contribution in [0.3, 0.4) is 0 Å². The molecular formula is C14H18N2OS2. The summed E-state index contributed by atoms with van der Waals surface area (Å²) in [5.74, 6) is 1.89. The fourth-order valence-corrected chi connectivity index (χ4v) is 3.59. The Balaban J connectivity index is 1.95. The number of hydrogen-bond donors (Lipinski definition) is 1. The number of nitrogen functional groups attached to an aromatic ring is 1. The van der Waals surface area contributed by atoms with Crippen molar-refractivity contribution in [2.75, 3.05) is 18.1 Å². The van der Waals surface area contributed by atoms with Gasteiger partial charge in [0.1, 0.15) is 5.75 Å². The molecule has 0 unspecified atom stereocenters. The molecule has 3 nitrogen and oxygen atoms in total. The Kier molecular flexibility index (Phi) is 5.10. The molecule has 0 aliphatic carbocycles. The number of hydrogen-bond acceptors (Lipinski definition) is 5. The van der Waals surface area contributed by atoms with Crippen molar-refractivity contribution in [3.63, 3.8) is 0 Å². The highest BCUT2D eigenvalue weighted by molar-refractivity contribution is 7.99. The number of rotatable bonds is 6. The normalized spacial score (nSPS) is 10.6. The molecule has 0 atom stereocenters. The van der Waals surface area contributed by atoms with Crippen LogP contribution in [0.1, 0.15) is 17.5 Å². The Labute approximate surface area is 122 Å². The van der Waals surface area contributed by atoms with Crippen molar-refractivity contribution < 1.29 is 4.74 Å². The first-order valence-electron chi connectivity index (χ1n) is 6.24. The second-order valence-corrected chi connectivity index (χ2v) is 6.17. The molecule has 0 spiro atoms. The van der Waals surface area contributed by atoms with Gasteiger partial charge in [0, 0.05) is 21.2 Å². The van der Waals surface area contributed by atoms with Crippen LogP contribution in [0.15, 0.2) is 28.6 Å². The number of aryl methyl sites for hydroxylation is 2. The molecule has 0 fully saturated rings. The summed E-state index contributed by atoms with van der Waals surface area (Å²) in [7, 11) is 0. The Morgan fingerprint density at radius 2 is 2.26 bits per heavy atom. The minimum Gasteiger partial charge on any atom is -0.494 e. The lowest BCUT2D eigenvalue weighted by Gasteiger charge is -2.08. The van der Waals surface area contributed by atoms with Crippen LogP contribution in [0, 0.1) is 6.92 Å². The van der Waals surface area contributed by atoms with Gasteiger partial charge in [-0.25, -0.2) is 4.98 Å². The first kappa shape index (κ1) is 14.2. The van der Waals surface area contributed by atoms with E-state index in [1.807, 2.05) is 30.6 Å². The molecule has 0 radical (unpaired) electrons. The van der Waals surface area contributed by atoms with Gasteiger partial charge in [0.05, 0.1) is 17.8 Å². The molecule has 2 aromatic rings. The number of aromatic nitrogens is 1. The highest BCUT2D eigenvalue weighted by Crippen LogP contribution is 2.30. The number of thioether (sulfide) groups is 1. The summed E-state index contributed by atoms with van der Waals surface area (Å²) < 4.78 is 5.50. The standard InChI is InChI=1S/C14H18N2OS2/c1-3-17-11-4-5-12(15)14(8-11)18-7-6-13-10(2)16-9-19-13/h4-5,8-9H,3,6-7,15H2,1-2H3. The zero-order valence-corrected chi connectivity index (χ0v) is 12.8. The van der Waals surface area contributed by atoms with Crippen LogP contribution in [0.2, 0.25) is 0 Å². The number of anilines is 1. The van der Waals surface area contributed by atoms with Crippen molar-refractivity contribution in [2.24, 2.45) is 0 Å². The van der Waals surface area contributed by atoms with Gasteiger partial charge >= 0.3 is 0 Å². The third-order valence-corrected chi connectivity index (χ3v) is 4.80. The summed E-state index contributed by atoms with van der Waals surface area (Å²) >= 11 is 3.49. The average molecular weight is 294 g/mol. The van der Waals surface area contributed by atoms with Crippen molar-refractivity contribution in [1.82, 2.24) is 4.98 Å². The van der Waals surface area contributed by atoms with Crippen molar-refractivity contribution in [3.05, 3.63) is 34.3 Å². The second kappa shape index (κ2) is 6.82. The molecule has 0 saturated heterocycles.